The maximum atomic E-state index is 6.32. The van der Waals surface area contributed by atoms with Crippen LogP contribution in [-0.2, 0) is 0 Å². The summed E-state index contributed by atoms with van der Waals surface area (Å²) in [6.07, 6.45) is 0. The van der Waals surface area contributed by atoms with E-state index in [1.165, 1.54) is 43.8 Å². The van der Waals surface area contributed by atoms with Crippen molar-refractivity contribution in [3.63, 3.8) is 0 Å². The van der Waals surface area contributed by atoms with Crippen LogP contribution in [0.5, 0.6) is 0 Å². The number of fused-ring (bicyclic) bond motifs is 7. The number of benzene rings is 10. The molecule has 0 bridgehead atoms. The van der Waals surface area contributed by atoms with Gasteiger partial charge in [0.15, 0.2) is 0 Å². The lowest BCUT2D eigenvalue weighted by molar-refractivity contribution is 0.669. The molecule has 0 aliphatic heterocycles. The van der Waals surface area contributed by atoms with Gasteiger partial charge in [0.25, 0.3) is 0 Å². The second kappa shape index (κ2) is 14.3. The summed E-state index contributed by atoms with van der Waals surface area (Å²) in [7, 11) is 0. The molecule has 3 nitrogen and oxygen atoms in total. The summed E-state index contributed by atoms with van der Waals surface area (Å²) in [4.78, 5) is 2.46. The highest BCUT2D eigenvalue weighted by Crippen LogP contribution is 2.48. The fourth-order valence-electron chi connectivity index (χ4n) is 9.46. The summed E-state index contributed by atoms with van der Waals surface area (Å²) in [6.45, 7) is 0. The van der Waals surface area contributed by atoms with Crippen LogP contribution in [0.2, 0.25) is 0 Å². The van der Waals surface area contributed by atoms with Crippen molar-refractivity contribution < 1.29 is 4.42 Å². The average molecular weight is 779 g/mol. The highest BCUT2D eigenvalue weighted by molar-refractivity contribution is 6.16. The molecule has 2 heterocycles. The Hall–Kier alpha value is -8.14. The molecule has 0 N–H and O–H groups in total. The molecule has 286 valence electrons. The van der Waals surface area contributed by atoms with E-state index in [4.69, 9.17) is 4.42 Å². The molecule has 61 heavy (non-hydrogen) atoms. The SMILES string of the molecule is c1ccc(-c2cccc3cccc(-c4ccccc4N(c4ccc(-c5ccc6c(c5)oc5ccccc56)cc4)c4cccc5c6ccccc6n(-c6ccccc6)c45)c23)cc1. The molecule has 0 saturated carbocycles. The van der Waals surface area contributed by atoms with Gasteiger partial charge in [0.1, 0.15) is 11.2 Å². The van der Waals surface area contributed by atoms with Crippen LogP contribution in [0.3, 0.4) is 0 Å². The molecule has 10 aromatic carbocycles. The first kappa shape index (κ1) is 34.9. The van der Waals surface area contributed by atoms with E-state index in [0.29, 0.717) is 0 Å². The molecule has 0 atom stereocenters. The van der Waals surface area contributed by atoms with E-state index >= 15 is 0 Å². The summed E-state index contributed by atoms with van der Waals surface area (Å²) in [5.41, 5.74) is 15.4. The van der Waals surface area contributed by atoms with E-state index in [1.54, 1.807) is 0 Å². The van der Waals surface area contributed by atoms with Gasteiger partial charge in [-0.15, -0.1) is 0 Å². The first-order valence-corrected chi connectivity index (χ1v) is 20.8. The number of aromatic nitrogens is 1. The fraction of sp³-hybridized carbons (Fsp3) is 0. The third-order valence-corrected chi connectivity index (χ3v) is 12.2. The van der Waals surface area contributed by atoms with Crippen LogP contribution in [0.15, 0.2) is 235 Å². The minimum Gasteiger partial charge on any atom is -0.456 e. The Balaban J connectivity index is 1.11. The zero-order valence-electron chi connectivity index (χ0n) is 33.2. The third kappa shape index (κ3) is 5.74. The molecule has 0 aliphatic rings. The van der Waals surface area contributed by atoms with Gasteiger partial charge in [-0.25, -0.2) is 0 Å². The van der Waals surface area contributed by atoms with Gasteiger partial charge in [-0.1, -0.05) is 170 Å². The molecule has 0 spiro atoms. The first-order chi connectivity index (χ1) is 30.3. The molecule has 0 amide bonds. The molecule has 12 rings (SSSR count). The first-order valence-electron chi connectivity index (χ1n) is 20.8. The lowest BCUT2D eigenvalue weighted by atomic mass is 9.90. The van der Waals surface area contributed by atoms with Crippen LogP contribution < -0.4 is 4.90 Å². The minimum atomic E-state index is 0.892. The third-order valence-electron chi connectivity index (χ3n) is 12.2. The average Bonchev–Trinajstić information content (AvgIpc) is 3.88. The fourth-order valence-corrected chi connectivity index (χ4v) is 9.46. The Bertz CT molecular complexity index is 3580. The number of rotatable bonds is 7. The second-order valence-corrected chi connectivity index (χ2v) is 15.6. The molecule has 12 aromatic rings. The number of para-hydroxylation sites is 5. The van der Waals surface area contributed by atoms with Crippen molar-refractivity contribution >= 4 is 71.6 Å². The molecule has 0 aliphatic carbocycles. The van der Waals surface area contributed by atoms with Gasteiger partial charge in [0.05, 0.1) is 22.4 Å². The highest BCUT2D eigenvalue weighted by Gasteiger charge is 2.24. The molecular weight excluding hydrogens is 741 g/mol. The second-order valence-electron chi connectivity index (χ2n) is 15.6. The summed E-state index contributed by atoms with van der Waals surface area (Å²) in [6, 6.07) is 83.1. The standard InChI is InChI=1S/C58H38N2O/c1-3-16-40(17-4-1)45-25-13-18-41-19-14-26-50(57(41)45)46-22-7-10-28-52(46)59(44-35-32-39(33-36-44)42-34-37-49-48-24-9-12-31-55(48)61-56(49)38-42)54-30-15-27-51-47-23-8-11-29-53(47)60(58(51)54)43-20-5-2-6-21-43/h1-38H. The van der Waals surface area contributed by atoms with Crippen LogP contribution in [0.1, 0.15) is 0 Å². The zero-order chi connectivity index (χ0) is 40.3. The van der Waals surface area contributed by atoms with E-state index in [-0.39, 0.29) is 0 Å². The van der Waals surface area contributed by atoms with Crippen molar-refractivity contribution in [2.75, 3.05) is 4.90 Å². The minimum absolute atomic E-state index is 0.892. The summed E-state index contributed by atoms with van der Waals surface area (Å²) in [5, 5.41) is 7.12. The van der Waals surface area contributed by atoms with E-state index in [2.05, 4.69) is 228 Å². The van der Waals surface area contributed by atoms with Crippen LogP contribution >= 0.6 is 0 Å². The van der Waals surface area contributed by atoms with Crippen molar-refractivity contribution in [2.45, 2.75) is 0 Å². The van der Waals surface area contributed by atoms with Gasteiger partial charge < -0.3 is 13.9 Å². The Morgan fingerprint density at radius 2 is 0.967 bits per heavy atom. The lowest BCUT2D eigenvalue weighted by Crippen LogP contribution is -2.13. The monoisotopic (exact) mass is 778 g/mol. The van der Waals surface area contributed by atoms with Crippen LogP contribution in [0.25, 0.3) is 93.6 Å². The number of nitrogens with zero attached hydrogens (tertiary/aromatic N) is 2. The van der Waals surface area contributed by atoms with Crippen molar-refractivity contribution in [3.8, 4) is 39.1 Å². The topological polar surface area (TPSA) is 21.3 Å². The summed E-state index contributed by atoms with van der Waals surface area (Å²) in [5.74, 6) is 0. The maximum Gasteiger partial charge on any atom is 0.136 e. The van der Waals surface area contributed by atoms with Gasteiger partial charge in [0, 0.05) is 38.5 Å². The van der Waals surface area contributed by atoms with Crippen molar-refractivity contribution in [1.29, 1.82) is 0 Å². The van der Waals surface area contributed by atoms with E-state index in [9.17, 15) is 0 Å². The Morgan fingerprint density at radius 1 is 0.361 bits per heavy atom. The van der Waals surface area contributed by atoms with Gasteiger partial charge in [0.2, 0.25) is 0 Å². The molecule has 0 saturated heterocycles. The van der Waals surface area contributed by atoms with Crippen molar-refractivity contribution in [2.24, 2.45) is 0 Å². The Morgan fingerprint density at radius 3 is 1.80 bits per heavy atom. The zero-order valence-corrected chi connectivity index (χ0v) is 33.2. The summed E-state index contributed by atoms with van der Waals surface area (Å²) < 4.78 is 8.75. The van der Waals surface area contributed by atoms with Crippen LogP contribution in [0, 0.1) is 0 Å². The van der Waals surface area contributed by atoms with E-state index in [0.717, 1.165) is 66.9 Å². The van der Waals surface area contributed by atoms with Gasteiger partial charge in [-0.3, -0.25) is 0 Å². The molecule has 0 unspecified atom stereocenters. The van der Waals surface area contributed by atoms with Gasteiger partial charge >= 0.3 is 0 Å². The summed E-state index contributed by atoms with van der Waals surface area (Å²) >= 11 is 0. The predicted molar refractivity (Wildman–Crippen MR) is 257 cm³/mol. The van der Waals surface area contributed by atoms with E-state index < -0.39 is 0 Å². The number of anilines is 3. The normalized spacial score (nSPS) is 11.6. The Kier molecular flexibility index (Phi) is 8.17. The van der Waals surface area contributed by atoms with Crippen LogP contribution in [0.4, 0.5) is 17.1 Å². The van der Waals surface area contributed by atoms with Crippen LogP contribution in [-0.4, -0.2) is 4.57 Å². The van der Waals surface area contributed by atoms with E-state index in [1.807, 2.05) is 12.1 Å². The molecule has 0 fully saturated rings. The highest BCUT2D eigenvalue weighted by atomic mass is 16.3. The van der Waals surface area contributed by atoms with Gasteiger partial charge in [-0.05, 0) is 99.3 Å². The maximum absolute atomic E-state index is 6.32. The smallest absolute Gasteiger partial charge is 0.136 e. The molecular formula is C58H38N2O. The number of furan rings is 1. The largest absolute Gasteiger partial charge is 0.456 e. The molecule has 3 heteroatoms. The Labute approximate surface area is 353 Å². The number of hydrogen-bond acceptors (Lipinski definition) is 2. The quantitative estimate of drug-likeness (QED) is 0.161. The lowest BCUT2D eigenvalue weighted by Gasteiger charge is -2.29. The number of hydrogen-bond donors (Lipinski definition) is 0. The van der Waals surface area contributed by atoms with Crippen molar-refractivity contribution in [3.05, 3.63) is 231 Å². The van der Waals surface area contributed by atoms with Gasteiger partial charge in [-0.2, -0.15) is 0 Å². The molecule has 2 aromatic heterocycles. The predicted octanol–water partition coefficient (Wildman–Crippen LogP) is 16.3. The van der Waals surface area contributed by atoms with Crippen molar-refractivity contribution in [1.82, 2.24) is 4.57 Å². The molecule has 0 radical (unpaired) electrons.